The fraction of sp³-hybridized carbons (Fsp3) is 0.600. The lowest BCUT2D eigenvalue weighted by Gasteiger charge is -2.30. The summed E-state index contributed by atoms with van der Waals surface area (Å²) in [5, 5.41) is 16.7. The fourth-order valence-electron chi connectivity index (χ4n) is 3.27. The van der Waals surface area contributed by atoms with Crippen molar-refractivity contribution in [2.45, 2.75) is 77.5 Å². The maximum atomic E-state index is 11.9. The molecule has 2 aromatic heterocycles. The van der Waals surface area contributed by atoms with Gasteiger partial charge in [0.2, 0.25) is 5.95 Å². The first-order valence-electron chi connectivity index (χ1n) is 10.2. The molecule has 29 heavy (non-hydrogen) atoms. The minimum atomic E-state index is -0.479. The molecule has 1 aliphatic rings. The molecule has 1 fully saturated rings. The Morgan fingerprint density at radius 3 is 2.59 bits per heavy atom. The Labute approximate surface area is 171 Å². The molecule has 2 heterocycles. The lowest BCUT2D eigenvalue weighted by atomic mass is 9.91. The van der Waals surface area contributed by atoms with Crippen molar-refractivity contribution in [2.75, 3.05) is 10.6 Å². The molecule has 158 valence electrons. The van der Waals surface area contributed by atoms with E-state index in [2.05, 4.69) is 43.0 Å². The van der Waals surface area contributed by atoms with Crippen molar-refractivity contribution >= 4 is 23.7 Å². The summed E-state index contributed by atoms with van der Waals surface area (Å²) in [5.74, 6) is 2.02. The highest BCUT2D eigenvalue weighted by Crippen LogP contribution is 2.22. The number of nitrogens with one attached hydrogen (secondary N) is 4. The molecule has 3 rings (SSSR count). The Balaban J connectivity index is 1.47. The summed E-state index contributed by atoms with van der Waals surface area (Å²) >= 11 is 0. The first-order valence-corrected chi connectivity index (χ1v) is 10.2. The summed E-state index contributed by atoms with van der Waals surface area (Å²) in [5.41, 5.74) is 0.587. The summed E-state index contributed by atoms with van der Waals surface area (Å²) in [4.78, 5) is 20.8. The van der Waals surface area contributed by atoms with Crippen LogP contribution in [0.15, 0.2) is 18.3 Å². The van der Waals surface area contributed by atoms with E-state index in [1.54, 1.807) is 6.20 Å². The van der Waals surface area contributed by atoms with E-state index in [9.17, 15) is 4.79 Å². The quantitative estimate of drug-likeness (QED) is 0.582. The standard InChI is InChI=1S/C20H31N7O2/c1-5-13-12-17(27-26-13)24-16-10-11-21-18(25-16)22-14-6-8-15(9-7-14)23-19(28)29-20(2,3)4/h10-12,14-15H,5-9H2,1-4H3,(H,23,28)(H3,21,22,24,25,26,27). The molecule has 0 unspecified atom stereocenters. The van der Waals surface area contributed by atoms with E-state index in [-0.39, 0.29) is 18.2 Å². The second-order valence-electron chi connectivity index (χ2n) is 8.36. The summed E-state index contributed by atoms with van der Waals surface area (Å²) in [6.45, 7) is 7.67. The van der Waals surface area contributed by atoms with Gasteiger partial charge >= 0.3 is 6.09 Å². The summed E-state index contributed by atoms with van der Waals surface area (Å²) in [6.07, 6.45) is 5.92. The third kappa shape index (κ3) is 6.62. The van der Waals surface area contributed by atoms with Crippen LogP contribution in [-0.4, -0.2) is 43.9 Å². The molecule has 0 saturated heterocycles. The number of carbonyl (C=O) groups is 1. The molecule has 0 aromatic carbocycles. The highest BCUT2D eigenvalue weighted by atomic mass is 16.6. The van der Waals surface area contributed by atoms with Crippen molar-refractivity contribution in [3.8, 4) is 0 Å². The highest BCUT2D eigenvalue weighted by Gasteiger charge is 2.25. The Kier molecular flexibility index (Phi) is 6.56. The number of alkyl carbamates (subject to hydrolysis) is 1. The second kappa shape index (κ2) is 9.11. The maximum absolute atomic E-state index is 11.9. The van der Waals surface area contributed by atoms with Gasteiger partial charge in [-0.1, -0.05) is 6.92 Å². The molecule has 4 N–H and O–H groups in total. The fourth-order valence-corrected chi connectivity index (χ4v) is 3.27. The minimum Gasteiger partial charge on any atom is -0.444 e. The first-order chi connectivity index (χ1) is 13.8. The van der Waals surface area contributed by atoms with Gasteiger partial charge in [0.1, 0.15) is 11.4 Å². The molecular formula is C20H31N7O2. The van der Waals surface area contributed by atoms with Gasteiger partial charge in [-0.2, -0.15) is 10.1 Å². The molecule has 1 saturated carbocycles. The van der Waals surface area contributed by atoms with Crippen LogP contribution in [0.4, 0.5) is 22.4 Å². The van der Waals surface area contributed by atoms with Crippen LogP contribution in [0.1, 0.15) is 59.1 Å². The number of aromatic nitrogens is 4. The number of hydrogen-bond donors (Lipinski definition) is 4. The van der Waals surface area contributed by atoms with E-state index in [4.69, 9.17) is 4.74 Å². The van der Waals surface area contributed by atoms with Crippen molar-refractivity contribution < 1.29 is 9.53 Å². The molecule has 0 radical (unpaired) electrons. The molecule has 1 amide bonds. The van der Waals surface area contributed by atoms with Crippen LogP contribution in [0, 0.1) is 0 Å². The number of aryl methyl sites for hydroxylation is 1. The van der Waals surface area contributed by atoms with Gasteiger partial charge in [0, 0.05) is 30.0 Å². The van der Waals surface area contributed by atoms with E-state index in [0.29, 0.717) is 11.8 Å². The van der Waals surface area contributed by atoms with Gasteiger partial charge in [-0.15, -0.1) is 0 Å². The van der Waals surface area contributed by atoms with E-state index in [1.807, 2.05) is 32.9 Å². The zero-order valence-corrected chi connectivity index (χ0v) is 17.6. The Hall–Kier alpha value is -2.84. The number of nitrogens with zero attached hydrogens (tertiary/aromatic N) is 3. The molecule has 0 bridgehead atoms. The lowest BCUT2D eigenvalue weighted by molar-refractivity contribution is 0.0492. The molecule has 9 heteroatoms. The Morgan fingerprint density at radius 1 is 1.21 bits per heavy atom. The van der Waals surface area contributed by atoms with E-state index < -0.39 is 5.60 Å². The third-order valence-electron chi connectivity index (χ3n) is 4.70. The van der Waals surface area contributed by atoms with Gasteiger partial charge in [0.05, 0.1) is 0 Å². The molecule has 0 spiro atoms. The topological polar surface area (TPSA) is 117 Å². The zero-order valence-electron chi connectivity index (χ0n) is 17.6. The number of rotatable bonds is 6. The van der Waals surface area contributed by atoms with Crippen molar-refractivity contribution in [2.24, 2.45) is 0 Å². The Morgan fingerprint density at radius 2 is 1.93 bits per heavy atom. The number of carbonyl (C=O) groups excluding carboxylic acids is 1. The van der Waals surface area contributed by atoms with E-state index >= 15 is 0 Å². The number of aromatic amines is 1. The number of ether oxygens (including phenoxy) is 1. The Bertz CT molecular complexity index is 807. The number of amides is 1. The van der Waals surface area contributed by atoms with Gasteiger partial charge in [-0.25, -0.2) is 9.78 Å². The van der Waals surface area contributed by atoms with E-state index in [1.165, 1.54) is 0 Å². The average Bonchev–Trinajstić information content (AvgIpc) is 3.10. The lowest BCUT2D eigenvalue weighted by Crippen LogP contribution is -2.42. The summed E-state index contributed by atoms with van der Waals surface area (Å²) < 4.78 is 5.33. The summed E-state index contributed by atoms with van der Waals surface area (Å²) in [6, 6.07) is 4.20. The van der Waals surface area contributed by atoms with Crippen molar-refractivity contribution in [3.63, 3.8) is 0 Å². The predicted molar refractivity (Wildman–Crippen MR) is 112 cm³/mol. The van der Waals surface area contributed by atoms with Crippen molar-refractivity contribution in [3.05, 3.63) is 24.0 Å². The SMILES string of the molecule is CCc1cc(Nc2ccnc(NC3CCC(NC(=O)OC(C)(C)C)CC3)n2)n[nH]1. The van der Waals surface area contributed by atoms with Crippen LogP contribution in [0.5, 0.6) is 0 Å². The first kappa shape index (κ1) is 20.9. The molecule has 0 atom stereocenters. The van der Waals surface area contributed by atoms with Crippen LogP contribution in [-0.2, 0) is 11.2 Å². The van der Waals surface area contributed by atoms with Crippen LogP contribution >= 0.6 is 0 Å². The molecule has 9 nitrogen and oxygen atoms in total. The largest absolute Gasteiger partial charge is 0.444 e. The smallest absolute Gasteiger partial charge is 0.407 e. The molecule has 0 aliphatic heterocycles. The third-order valence-corrected chi connectivity index (χ3v) is 4.70. The molecule has 1 aliphatic carbocycles. The van der Waals surface area contributed by atoms with Crippen molar-refractivity contribution in [1.29, 1.82) is 0 Å². The number of hydrogen-bond acceptors (Lipinski definition) is 7. The zero-order chi connectivity index (χ0) is 20.9. The molecular weight excluding hydrogens is 370 g/mol. The number of H-pyrrole nitrogens is 1. The van der Waals surface area contributed by atoms with Gasteiger partial charge in [-0.05, 0) is 58.9 Å². The van der Waals surface area contributed by atoms with Crippen LogP contribution in [0.2, 0.25) is 0 Å². The number of anilines is 3. The van der Waals surface area contributed by atoms with Crippen molar-refractivity contribution in [1.82, 2.24) is 25.5 Å². The van der Waals surface area contributed by atoms with Crippen LogP contribution in [0.3, 0.4) is 0 Å². The van der Waals surface area contributed by atoms with Gasteiger partial charge in [0.25, 0.3) is 0 Å². The van der Waals surface area contributed by atoms with Gasteiger partial charge in [-0.3, -0.25) is 5.10 Å². The molecule has 2 aromatic rings. The monoisotopic (exact) mass is 401 g/mol. The van der Waals surface area contributed by atoms with Gasteiger partial charge in [0.15, 0.2) is 5.82 Å². The summed E-state index contributed by atoms with van der Waals surface area (Å²) in [7, 11) is 0. The van der Waals surface area contributed by atoms with E-state index in [0.717, 1.165) is 43.6 Å². The maximum Gasteiger partial charge on any atom is 0.407 e. The van der Waals surface area contributed by atoms with Crippen LogP contribution in [0.25, 0.3) is 0 Å². The average molecular weight is 402 g/mol. The highest BCUT2D eigenvalue weighted by molar-refractivity contribution is 5.68. The normalized spacial score (nSPS) is 19.4. The van der Waals surface area contributed by atoms with Crippen LogP contribution < -0.4 is 16.0 Å². The minimum absolute atomic E-state index is 0.143. The second-order valence-corrected chi connectivity index (χ2v) is 8.36. The van der Waals surface area contributed by atoms with Gasteiger partial charge < -0.3 is 20.7 Å². The predicted octanol–water partition coefficient (Wildman–Crippen LogP) is 3.75.